The molecule has 62 heavy (non-hydrogen) atoms. The molecule has 0 saturated heterocycles. The van der Waals surface area contributed by atoms with Gasteiger partial charge in [0, 0.05) is 22.2 Å². The molecule has 0 spiro atoms. The second-order valence-electron chi connectivity index (χ2n) is 18.8. The van der Waals surface area contributed by atoms with Gasteiger partial charge in [0.2, 0.25) is 0 Å². The second-order valence-corrected chi connectivity index (χ2v) is 18.8. The molecule has 10 heteroatoms. The molecule has 0 atom stereocenters. The molecule has 0 amide bonds. The highest BCUT2D eigenvalue weighted by Crippen LogP contribution is 2.60. The van der Waals surface area contributed by atoms with Crippen molar-refractivity contribution in [1.82, 2.24) is 0 Å². The van der Waals surface area contributed by atoms with E-state index in [9.17, 15) is 0 Å². The minimum atomic E-state index is -0.526. The SMILES string of the molecule is Bc1cc(-c2ccc(N(c3cccc4c3-c3ccc(B)c(B)c3C4(C)C)c3cccc4c3-c3cc(B)c(B)c(B)c3C4(c3ccccc3)c3ccccc3)cc2)c(B)c(B)c1B. The summed E-state index contributed by atoms with van der Waals surface area (Å²) in [6, 6.07) is 55.6. The zero-order chi connectivity index (χ0) is 43.4. The maximum Gasteiger partial charge on any atom is 0.139 e. The van der Waals surface area contributed by atoms with Gasteiger partial charge in [0.05, 0.1) is 16.8 Å². The fraction of sp³-hybridized carbons (Fsp3) is 0.0769. The Labute approximate surface area is 376 Å². The highest BCUT2D eigenvalue weighted by Gasteiger charge is 2.49. The average Bonchev–Trinajstić information content (AvgIpc) is 3.72. The van der Waals surface area contributed by atoms with Gasteiger partial charge in [0.15, 0.2) is 0 Å². The van der Waals surface area contributed by atoms with Crippen LogP contribution in [0, 0.1) is 0 Å². The predicted molar refractivity (Wildman–Crippen MR) is 295 cm³/mol. The lowest BCUT2D eigenvalue weighted by Crippen LogP contribution is -2.47. The molecule has 0 N–H and O–H groups in total. The van der Waals surface area contributed by atoms with Gasteiger partial charge < -0.3 is 4.90 Å². The zero-order valence-electron chi connectivity index (χ0n) is 38.3. The third kappa shape index (κ3) is 5.61. The van der Waals surface area contributed by atoms with Crippen LogP contribution in [0.25, 0.3) is 33.4 Å². The fourth-order valence-electron chi connectivity index (χ4n) is 11.6. The van der Waals surface area contributed by atoms with Crippen molar-refractivity contribution in [2.45, 2.75) is 24.7 Å². The third-order valence-electron chi connectivity index (χ3n) is 15.4. The van der Waals surface area contributed by atoms with E-state index in [0.717, 1.165) is 5.69 Å². The maximum atomic E-state index is 2.60. The summed E-state index contributed by atoms with van der Waals surface area (Å²) in [4.78, 5) is 2.60. The van der Waals surface area contributed by atoms with Crippen LogP contribution in [0.3, 0.4) is 0 Å². The molecule has 0 saturated carbocycles. The summed E-state index contributed by atoms with van der Waals surface area (Å²) in [5, 5.41) is 0. The maximum absolute atomic E-state index is 2.60. The monoisotopic (exact) mass is 785 g/mol. The molecule has 0 bridgehead atoms. The van der Waals surface area contributed by atoms with E-state index in [0.29, 0.717) is 0 Å². The average molecular weight is 784 g/mol. The summed E-state index contributed by atoms with van der Waals surface area (Å²) in [7, 11) is 20.5. The van der Waals surface area contributed by atoms with Crippen LogP contribution in [-0.4, -0.2) is 70.6 Å². The molecule has 288 valence electrons. The van der Waals surface area contributed by atoms with Crippen molar-refractivity contribution in [1.29, 1.82) is 0 Å². The third-order valence-corrected chi connectivity index (χ3v) is 15.4. The molecule has 0 radical (unpaired) electrons. The fourth-order valence-corrected chi connectivity index (χ4v) is 11.6. The number of benzene rings is 8. The molecule has 0 aliphatic heterocycles. The Hall–Kier alpha value is -5.86. The van der Waals surface area contributed by atoms with Crippen molar-refractivity contribution in [3.8, 4) is 33.4 Å². The topological polar surface area (TPSA) is 3.24 Å². The Kier molecular flexibility index (Phi) is 9.49. The molecule has 0 aromatic heterocycles. The van der Waals surface area contributed by atoms with Gasteiger partial charge in [0.25, 0.3) is 0 Å². The highest BCUT2D eigenvalue weighted by atomic mass is 15.1. The van der Waals surface area contributed by atoms with Crippen molar-refractivity contribution in [2.24, 2.45) is 0 Å². The van der Waals surface area contributed by atoms with Crippen molar-refractivity contribution in [3.05, 3.63) is 179 Å². The first-order valence-corrected chi connectivity index (χ1v) is 22.4. The van der Waals surface area contributed by atoms with Crippen molar-refractivity contribution in [2.75, 3.05) is 4.90 Å². The molecular formula is C52H48B9N. The lowest BCUT2D eigenvalue weighted by Gasteiger charge is -2.36. The summed E-state index contributed by atoms with van der Waals surface area (Å²) in [5.41, 5.74) is 30.9. The second kappa shape index (κ2) is 14.6. The lowest BCUT2D eigenvalue weighted by molar-refractivity contribution is 0.665. The van der Waals surface area contributed by atoms with E-state index in [1.807, 2.05) is 0 Å². The van der Waals surface area contributed by atoms with Gasteiger partial charge >= 0.3 is 0 Å². The molecule has 0 heterocycles. The van der Waals surface area contributed by atoms with Crippen LogP contribution in [-0.2, 0) is 10.8 Å². The molecule has 0 unspecified atom stereocenters. The molecule has 2 aliphatic carbocycles. The van der Waals surface area contributed by atoms with Gasteiger partial charge in [-0.2, -0.15) is 0 Å². The number of fused-ring (bicyclic) bond motifs is 6. The van der Waals surface area contributed by atoms with E-state index < -0.39 is 5.41 Å². The van der Waals surface area contributed by atoms with Crippen LogP contribution in [0.4, 0.5) is 17.1 Å². The van der Waals surface area contributed by atoms with Crippen molar-refractivity contribution >= 4 is 137 Å². The molecular weight excluding hydrogens is 736 g/mol. The van der Waals surface area contributed by atoms with E-state index >= 15 is 0 Å². The normalized spacial score (nSPS) is 13.8. The van der Waals surface area contributed by atoms with E-state index in [1.54, 1.807) is 0 Å². The number of nitrogens with zero attached hydrogens (tertiary/aromatic N) is 1. The van der Waals surface area contributed by atoms with Crippen LogP contribution >= 0.6 is 0 Å². The number of hydrogen-bond acceptors (Lipinski definition) is 1. The molecule has 2 aliphatic rings. The predicted octanol–water partition coefficient (Wildman–Crippen LogP) is -2.18. The van der Waals surface area contributed by atoms with Gasteiger partial charge in [-0.05, 0) is 79.9 Å². The van der Waals surface area contributed by atoms with Gasteiger partial charge in [-0.25, -0.2) is 0 Å². The van der Waals surface area contributed by atoms with Gasteiger partial charge in [-0.3, -0.25) is 0 Å². The first kappa shape index (κ1) is 40.2. The summed E-state index contributed by atoms with van der Waals surface area (Å²) in [6.07, 6.45) is 0. The van der Waals surface area contributed by atoms with E-state index in [1.165, 1.54) is 127 Å². The first-order valence-electron chi connectivity index (χ1n) is 22.4. The molecule has 8 aromatic carbocycles. The molecule has 0 fully saturated rings. The van der Waals surface area contributed by atoms with Gasteiger partial charge in [0.1, 0.15) is 70.6 Å². The number of hydrogen-bond donors (Lipinski definition) is 0. The van der Waals surface area contributed by atoms with Crippen LogP contribution in [0.5, 0.6) is 0 Å². The minimum absolute atomic E-state index is 0.155. The van der Waals surface area contributed by atoms with Crippen molar-refractivity contribution in [3.63, 3.8) is 0 Å². The molecule has 1 nitrogen and oxygen atoms in total. The Balaban J connectivity index is 1.32. The summed E-state index contributed by atoms with van der Waals surface area (Å²) >= 11 is 0. The van der Waals surface area contributed by atoms with E-state index in [-0.39, 0.29) is 5.41 Å². The number of rotatable bonds is 6. The van der Waals surface area contributed by atoms with Crippen LogP contribution in [0.1, 0.15) is 47.2 Å². The zero-order valence-corrected chi connectivity index (χ0v) is 38.3. The Morgan fingerprint density at radius 3 is 1.52 bits per heavy atom. The molecule has 10 rings (SSSR count). The molecule has 8 aromatic rings. The Bertz CT molecular complexity index is 3100. The summed E-state index contributed by atoms with van der Waals surface area (Å²) in [6.45, 7) is 4.83. The first-order chi connectivity index (χ1) is 29.8. The Morgan fingerprint density at radius 2 is 0.919 bits per heavy atom. The quantitative estimate of drug-likeness (QED) is 0.174. The highest BCUT2D eigenvalue weighted by molar-refractivity contribution is 6.63. The lowest BCUT2D eigenvalue weighted by atomic mass is 9.61. The van der Waals surface area contributed by atoms with Gasteiger partial charge in [-0.15, -0.1) is 16.4 Å². The minimum Gasteiger partial charge on any atom is -0.309 e. The standard InChI is InChI=1S/C52H48B9N/c1-51(2)34-15-9-17-39(41(34)31-23-24-36(53)46(57)43(31)51)62(30-21-19-27(20-22-30)32-25-37(54)48(59)50(61)45(32)56)40-18-10-16-35-42(40)33-26-38(55)47(58)49(60)44(33)52(35,28-11-5-3-6-12-28)29-13-7-4-8-14-29/h3-26H,53-61H2,1-2H3. The van der Waals surface area contributed by atoms with E-state index in [2.05, 4.69) is 235 Å². The van der Waals surface area contributed by atoms with E-state index in [4.69, 9.17) is 0 Å². The van der Waals surface area contributed by atoms with Gasteiger partial charge in [-0.1, -0.05) is 168 Å². The Morgan fingerprint density at radius 1 is 0.387 bits per heavy atom. The van der Waals surface area contributed by atoms with Crippen LogP contribution in [0.15, 0.2) is 146 Å². The number of anilines is 3. The summed E-state index contributed by atoms with van der Waals surface area (Å²) < 4.78 is 0. The van der Waals surface area contributed by atoms with Crippen LogP contribution in [0.2, 0.25) is 0 Å². The van der Waals surface area contributed by atoms with Crippen LogP contribution < -0.4 is 54.1 Å². The summed E-state index contributed by atoms with van der Waals surface area (Å²) in [5.74, 6) is 0. The van der Waals surface area contributed by atoms with Crippen molar-refractivity contribution < 1.29 is 0 Å². The smallest absolute Gasteiger partial charge is 0.139 e. The largest absolute Gasteiger partial charge is 0.309 e.